The quantitative estimate of drug-likeness (QED) is 0.643. The van der Waals surface area contributed by atoms with Crippen LogP contribution >= 0.6 is 0 Å². The molecule has 1 aliphatic heterocycles. The highest BCUT2D eigenvalue weighted by Gasteiger charge is 2.40. The van der Waals surface area contributed by atoms with Crippen LogP contribution in [0.3, 0.4) is 0 Å². The molecule has 0 fully saturated rings. The maximum absolute atomic E-state index is 13.7. The van der Waals surface area contributed by atoms with Crippen molar-refractivity contribution >= 4 is 11.8 Å². The number of esters is 1. The zero-order chi connectivity index (χ0) is 16.6. The van der Waals surface area contributed by atoms with Crippen molar-refractivity contribution in [1.82, 2.24) is 0 Å². The fourth-order valence-electron chi connectivity index (χ4n) is 2.99. The van der Waals surface area contributed by atoms with Crippen LogP contribution in [0.4, 0.5) is 4.39 Å². The number of halogens is 1. The number of fused-ring (bicyclic) bond motifs is 2. The standard InChI is InChI=1S/C18H15FO4/c1-10(20)16(18(21)22-2)17-12-5-3-4-6-14(12)23-15-8-7-11(19)9-13(15)17/h3-9,16-17H,1-2H3/t16-,17+/m0/s1. The minimum absolute atomic E-state index is 0.339. The van der Waals surface area contributed by atoms with E-state index in [0.29, 0.717) is 22.6 Å². The van der Waals surface area contributed by atoms with E-state index in [4.69, 9.17) is 9.47 Å². The van der Waals surface area contributed by atoms with Crippen LogP contribution < -0.4 is 4.74 Å². The van der Waals surface area contributed by atoms with Gasteiger partial charge in [0.2, 0.25) is 0 Å². The Morgan fingerprint density at radius 2 is 1.83 bits per heavy atom. The molecule has 1 heterocycles. The number of methoxy groups -OCH3 is 1. The predicted molar refractivity (Wildman–Crippen MR) is 80.9 cm³/mol. The highest BCUT2D eigenvalue weighted by atomic mass is 19.1. The van der Waals surface area contributed by atoms with Gasteiger partial charge in [0.1, 0.15) is 29.0 Å². The van der Waals surface area contributed by atoms with E-state index in [2.05, 4.69) is 0 Å². The first-order valence-corrected chi connectivity index (χ1v) is 7.17. The first kappa shape index (κ1) is 15.2. The average molecular weight is 314 g/mol. The number of ketones is 1. The molecule has 2 atom stereocenters. The third-order valence-corrected chi connectivity index (χ3v) is 4.01. The molecule has 4 nitrogen and oxygen atoms in total. The van der Waals surface area contributed by atoms with E-state index < -0.39 is 23.6 Å². The van der Waals surface area contributed by atoms with Crippen LogP contribution in [0.15, 0.2) is 42.5 Å². The Balaban J connectivity index is 2.24. The molecule has 0 saturated heterocycles. The molecule has 0 unspecified atom stereocenters. The number of hydrogen-bond acceptors (Lipinski definition) is 4. The fourth-order valence-corrected chi connectivity index (χ4v) is 2.99. The number of rotatable bonds is 3. The summed E-state index contributed by atoms with van der Waals surface area (Å²) in [4.78, 5) is 24.3. The van der Waals surface area contributed by atoms with Crippen LogP contribution in [0, 0.1) is 11.7 Å². The van der Waals surface area contributed by atoms with Gasteiger partial charge in [-0.25, -0.2) is 4.39 Å². The SMILES string of the molecule is COC(=O)[C@@H](C(C)=O)[C@@H]1c2ccccc2Oc2ccc(F)cc21. The van der Waals surface area contributed by atoms with Crippen molar-refractivity contribution in [1.29, 1.82) is 0 Å². The van der Waals surface area contributed by atoms with E-state index in [1.54, 1.807) is 24.3 Å². The normalized spacial score (nSPS) is 16.6. The van der Waals surface area contributed by atoms with Gasteiger partial charge in [0.25, 0.3) is 0 Å². The minimum Gasteiger partial charge on any atom is -0.468 e. The lowest BCUT2D eigenvalue weighted by atomic mass is 9.77. The number of para-hydroxylation sites is 1. The van der Waals surface area contributed by atoms with Crippen LogP contribution in [0.1, 0.15) is 24.0 Å². The lowest BCUT2D eigenvalue weighted by Crippen LogP contribution is -2.32. The van der Waals surface area contributed by atoms with Crippen LogP contribution in [0.2, 0.25) is 0 Å². The van der Waals surface area contributed by atoms with E-state index in [1.165, 1.54) is 32.2 Å². The summed E-state index contributed by atoms with van der Waals surface area (Å²) in [6.07, 6.45) is 0. The molecular weight excluding hydrogens is 299 g/mol. The van der Waals surface area contributed by atoms with E-state index in [0.717, 1.165) is 0 Å². The molecule has 0 spiro atoms. The summed E-state index contributed by atoms with van der Waals surface area (Å²) in [6, 6.07) is 11.2. The summed E-state index contributed by atoms with van der Waals surface area (Å²) in [5.74, 6) is -2.15. The predicted octanol–water partition coefficient (Wildman–Crippen LogP) is 3.44. The van der Waals surface area contributed by atoms with Gasteiger partial charge < -0.3 is 9.47 Å². The minimum atomic E-state index is -1.05. The smallest absolute Gasteiger partial charge is 0.317 e. The summed E-state index contributed by atoms with van der Waals surface area (Å²) in [5.41, 5.74) is 1.13. The van der Waals surface area contributed by atoms with Crippen LogP contribution in [-0.4, -0.2) is 18.9 Å². The Bertz CT molecular complexity index is 784. The maximum Gasteiger partial charge on any atom is 0.317 e. The van der Waals surface area contributed by atoms with Crippen molar-refractivity contribution in [2.24, 2.45) is 5.92 Å². The Labute approximate surface area is 132 Å². The fraction of sp³-hybridized carbons (Fsp3) is 0.222. The molecular formula is C18H15FO4. The molecule has 0 radical (unpaired) electrons. The Hall–Kier alpha value is -2.69. The largest absolute Gasteiger partial charge is 0.468 e. The van der Waals surface area contributed by atoms with Crippen molar-refractivity contribution in [3.63, 3.8) is 0 Å². The summed E-state index contributed by atoms with van der Waals surface area (Å²) < 4.78 is 24.3. The number of Topliss-reactive ketones (excluding diaryl/α,β-unsaturated/α-hetero) is 1. The van der Waals surface area contributed by atoms with Gasteiger partial charge in [0.15, 0.2) is 0 Å². The van der Waals surface area contributed by atoms with Gasteiger partial charge in [-0.05, 0) is 31.2 Å². The molecule has 0 aromatic heterocycles. The molecule has 0 aliphatic carbocycles. The zero-order valence-electron chi connectivity index (χ0n) is 12.7. The van der Waals surface area contributed by atoms with Gasteiger partial charge in [0, 0.05) is 17.0 Å². The third kappa shape index (κ3) is 2.59. The third-order valence-electron chi connectivity index (χ3n) is 4.01. The first-order chi connectivity index (χ1) is 11.0. The highest BCUT2D eigenvalue weighted by Crippen LogP contribution is 2.48. The summed E-state index contributed by atoms with van der Waals surface area (Å²) in [7, 11) is 1.23. The van der Waals surface area contributed by atoms with Gasteiger partial charge in [0.05, 0.1) is 7.11 Å². The second-order valence-electron chi connectivity index (χ2n) is 5.41. The number of hydrogen-bond donors (Lipinski definition) is 0. The van der Waals surface area contributed by atoms with Crippen molar-refractivity contribution in [3.8, 4) is 11.5 Å². The second-order valence-corrected chi connectivity index (χ2v) is 5.41. The molecule has 2 aromatic carbocycles. The maximum atomic E-state index is 13.7. The van der Waals surface area contributed by atoms with Crippen molar-refractivity contribution in [2.45, 2.75) is 12.8 Å². The molecule has 5 heteroatoms. The van der Waals surface area contributed by atoms with Gasteiger partial charge in [-0.2, -0.15) is 0 Å². The molecule has 118 valence electrons. The molecule has 2 aromatic rings. The lowest BCUT2D eigenvalue weighted by Gasteiger charge is -2.31. The van der Waals surface area contributed by atoms with E-state index in [1.807, 2.05) is 0 Å². The van der Waals surface area contributed by atoms with Crippen molar-refractivity contribution < 1.29 is 23.5 Å². The van der Waals surface area contributed by atoms with Crippen molar-refractivity contribution in [2.75, 3.05) is 7.11 Å². The second kappa shape index (κ2) is 5.83. The number of benzene rings is 2. The number of ether oxygens (including phenoxy) is 2. The van der Waals surface area contributed by atoms with Crippen LogP contribution in [0.5, 0.6) is 11.5 Å². The molecule has 0 bridgehead atoms. The Kier molecular flexibility index (Phi) is 3.86. The summed E-state index contributed by atoms with van der Waals surface area (Å²) in [5, 5.41) is 0. The molecule has 0 amide bonds. The van der Waals surface area contributed by atoms with Crippen LogP contribution in [-0.2, 0) is 14.3 Å². The topological polar surface area (TPSA) is 52.6 Å². The molecule has 1 aliphatic rings. The van der Waals surface area contributed by atoms with Crippen molar-refractivity contribution in [3.05, 3.63) is 59.4 Å². The molecule has 0 saturated carbocycles. The number of carbonyl (C=O) groups excluding carboxylic acids is 2. The lowest BCUT2D eigenvalue weighted by molar-refractivity contribution is -0.149. The highest BCUT2D eigenvalue weighted by molar-refractivity contribution is 5.99. The molecule has 3 rings (SSSR count). The average Bonchev–Trinajstić information content (AvgIpc) is 2.54. The first-order valence-electron chi connectivity index (χ1n) is 7.17. The van der Waals surface area contributed by atoms with Gasteiger partial charge >= 0.3 is 5.97 Å². The van der Waals surface area contributed by atoms with Gasteiger partial charge in [-0.1, -0.05) is 18.2 Å². The zero-order valence-corrected chi connectivity index (χ0v) is 12.7. The molecule has 23 heavy (non-hydrogen) atoms. The molecule has 0 N–H and O–H groups in total. The van der Waals surface area contributed by atoms with E-state index in [9.17, 15) is 14.0 Å². The summed E-state index contributed by atoms with van der Waals surface area (Å²) in [6.45, 7) is 1.33. The van der Waals surface area contributed by atoms with Gasteiger partial charge in [-0.3, -0.25) is 9.59 Å². The van der Waals surface area contributed by atoms with Gasteiger partial charge in [-0.15, -0.1) is 0 Å². The summed E-state index contributed by atoms with van der Waals surface area (Å²) >= 11 is 0. The monoisotopic (exact) mass is 314 g/mol. The van der Waals surface area contributed by atoms with E-state index >= 15 is 0 Å². The van der Waals surface area contributed by atoms with E-state index in [-0.39, 0.29) is 5.78 Å². The Morgan fingerprint density at radius 3 is 2.52 bits per heavy atom. The Morgan fingerprint density at radius 1 is 1.13 bits per heavy atom. The van der Waals surface area contributed by atoms with Crippen LogP contribution in [0.25, 0.3) is 0 Å². The number of carbonyl (C=O) groups is 2.